The van der Waals surface area contributed by atoms with Crippen LogP contribution in [0.3, 0.4) is 0 Å². The lowest BCUT2D eigenvalue weighted by atomic mass is 10.0. The van der Waals surface area contributed by atoms with Crippen molar-refractivity contribution in [1.82, 2.24) is 19.4 Å². The van der Waals surface area contributed by atoms with E-state index in [0.29, 0.717) is 0 Å². The first-order valence-electron chi connectivity index (χ1n) is 9.90. The van der Waals surface area contributed by atoms with Gasteiger partial charge in [-0.3, -0.25) is 4.79 Å². The summed E-state index contributed by atoms with van der Waals surface area (Å²) < 4.78 is 3.45. The van der Waals surface area contributed by atoms with Crippen LogP contribution in [-0.4, -0.2) is 19.4 Å². The number of pyridine rings is 1. The zero-order chi connectivity index (χ0) is 18.8. The molecular formula is C22H26N4O. The normalized spacial score (nSPS) is 15.3. The van der Waals surface area contributed by atoms with Crippen LogP contribution < -0.4 is 5.56 Å². The van der Waals surface area contributed by atoms with E-state index in [4.69, 9.17) is 5.10 Å². The highest BCUT2D eigenvalue weighted by molar-refractivity contribution is 5.85. The van der Waals surface area contributed by atoms with Gasteiger partial charge < -0.3 is 0 Å². The molecule has 0 spiro atoms. The summed E-state index contributed by atoms with van der Waals surface area (Å²) in [5.41, 5.74) is 5.15. The van der Waals surface area contributed by atoms with Gasteiger partial charge in [0.1, 0.15) is 0 Å². The summed E-state index contributed by atoms with van der Waals surface area (Å²) in [5.74, 6) is 0. The summed E-state index contributed by atoms with van der Waals surface area (Å²) in [6.07, 6.45) is 11.6. The average Bonchev–Trinajstić information content (AvgIpc) is 2.82. The number of hydrogen-bond acceptors (Lipinski definition) is 3. The minimum Gasteiger partial charge on any atom is -0.268 e. The van der Waals surface area contributed by atoms with Crippen LogP contribution in [0.2, 0.25) is 0 Å². The maximum Gasteiger partial charge on any atom is 0.267 e. The van der Waals surface area contributed by atoms with Crippen molar-refractivity contribution >= 4 is 11.6 Å². The quantitative estimate of drug-likeness (QED) is 0.624. The molecule has 0 radical (unpaired) electrons. The van der Waals surface area contributed by atoms with Crippen LogP contribution in [0, 0.1) is 0 Å². The maximum atomic E-state index is 12.2. The van der Waals surface area contributed by atoms with Gasteiger partial charge in [-0.2, -0.15) is 10.2 Å². The van der Waals surface area contributed by atoms with Crippen molar-refractivity contribution < 1.29 is 0 Å². The maximum absolute atomic E-state index is 12.2. The second-order valence-electron chi connectivity index (χ2n) is 7.60. The molecule has 0 N–H and O–H groups in total. The van der Waals surface area contributed by atoms with Crippen LogP contribution in [0.1, 0.15) is 64.1 Å². The molecule has 27 heavy (non-hydrogen) atoms. The van der Waals surface area contributed by atoms with Crippen molar-refractivity contribution in [3.05, 3.63) is 58.1 Å². The molecule has 3 aromatic heterocycles. The third kappa shape index (κ3) is 3.59. The van der Waals surface area contributed by atoms with Gasteiger partial charge >= 0.3 is 0 Å². The first-order chi connectivity index (χ1) is 13.1. The SMILES string of the molecule is CC(C)n1nc(-c2c(C=C3CCCCCC3)nn3ccccc23)ccc1=O. The molecule has 1 aliphatic carbocycles. The molecule has 1 saturated carbocycles. The molecule has 3 heterocycles. The van der Waals surface area contributed by atoms with E-state index in [0.717, 1.165) is 35.3 Å². The Morgan fingerprint density at radius 1 is 1.00 bits per heavy atom. The van der Waals surface area contributed by atoms with E-state index >= 15 is 0 Å². The van der Waals surface area contributed by atoms with E-state index < -0.39 is 0 Å². The Hall–Kier alpha value is -2.69. The van der Waals surface area contributed by atoms with E-state index in [-0.39, 0.29) is 11.6 Å². The third-order valence-electron chi connectivity index (χ3n) is 5.22. The average molecular weight is 362 g/mol. The predicted octanol–water partition coefficient (Wildman–Crippen LogP) is 4.88. The number of rotatable bonds is 3. The van der Waals surface area contributed by atoms with E-state index in [1.54, 1.807) is 10.7 Å². The van der Waals surface area contributed by atoms with E-state index in [1.807, 2.05) is 42.8 Å². The molecule has 0 aromatic carbocycles. The standard InChI is InChI=1S/C22H26N4O/c1-16(2)26-21(27)13-12-18(24-26)22-19(15-17-9-5-3-4-6-10-17)23-25-14-8-7-11-20(22)25/h7-8,11-16H,3-6,9-10H2,1-2H3. The minimum absolute atomic E-state index is 0.0166. The first kappa shape index (κ1) is 17.7. The number of aromatic nitrogens is 4. The van der Waals surface area contributed by atoms with Gasteiger partial charge in [0.05, 0.1) is 28.5 Å². The number of allylic oxidation sites excluding steroid dienone is 1. The molecule has 0 amide bonds. The van der Waals surface area contributed by atoms with Crippen LogP contribution in [-0.2, 0) is 0 Å². The van der Waals surface area contributed by atoms with Gasteiger partial charge in [0.25, 0.3) is 5.56 Å². The molecule has 0 aliphatic heterocycles. The molecule has 3 aromatic rings. The molecule has 0 saturated heterocycles. The topological polar surface area (TPSA) is 52.2 Å². The molecule has 5 heteroatoms. The highest BCUT2D eigenvalue weighted by atomic mass is 16.1. The van der Waals surface area contributed by atoms with Crippen LogP contribution >= 0.6 is 0 Å². The van der Waals surface area contributed by atoms with E-state index in [9.17, 15) is 4.79 Å². The Bertz CT molecular complexity index is 1030. The molecule has 5 nitrogen and oxygen atoms in total. The zero-order valence-corrected chi connectivity index (χ0v) is 16.1. The lowest BCUT2D eigenvalue weighted by Crippen LogP contribution is -2.23. The summed E-state index contributed by atoms with van der Waals surface area (Å²) in [7, 11) is 0. The predicted molar refractivity (Wildman–Crippen MR) is 109 cm³/mol. The Morgan fingerprint density at radius 3 is 2.52 bits per heavy atom. The Balaban J connectivity index is 1.90. The van der Waals surface area contributed by atoms with Gasteiger partial charge in [0.15, 0.2) is 0 Å². The van der Waals surface area contributed by atoms with Crippen molar-refractivity contribution in [2.45, 2.75) is 58.4 Å². The number of nitrogens with zero attached hydrogens (tertiary/aromatic N) is 4. The molecule has 0 bridgehead atoms. The minimum atomic E-state index is -0.0751. The fourth-order valence-electron chi connectivity index (χ4n) is 3.83. The van der Waals surface area contributed by atoms with Gasteiger partial charge in [0.2, 0.25) is 0 Å². The summed E-state index contributed by atoms with van der Waals surface area (Å²) in [4.78, 5) is 12.2. The largest absolute Gasteiger partial charge is 0.268 e. The number of fused-ring (bicyclic) bond motifs is 1. The molecular weight excluding hydrogens is 336 g/mol. The van der Waals surface area contributed by atoms with Crippen LogP contribution in [0.4, 0.5) is 0 Å². The van der Waals surface area contributed by atoms with Crippen molar-refractivity contribution in [3.63, 3.8) is 0 Å². The van der Waals surface area contributed by atoms with Crippen molar-refractivity contribution in [2.75, 3.05) is 0 Å². The highest BCUT2D eigenvalue weighted by Crippen LogP contribution is 2.31. The Labute approximate surface area is 159 Å². The van der Waals surface area contributed by atoms with Gasteiger partial charge in [-0.05, 0) is 63.8 Å². The van der Waals surface area contributed by atoms with Crippen LogP contribution in [0.25, 0.3) is 22.9 Å². The summed E-state index contributed by atoms with van der Waals surface area (Å²) in [6.45, 7) is 3.95. The Morgan fingerprint density at radius 2 is 1.78 bits per heavy atom. The Kier molecular flexibility index (Phi) is 4.92. The molecule has 140 valence electrons. The smallest absolute Gasteiger partial charge is 0.267 e. The van der Waals surface area contributed by atoms with Crippen molar-refractivity contribution in [1.29, 1.82) is 0 Å². The molecule has 1 aliphatic rings. The van der Waals surface area contributed by atoms with E-state index in [2.05, 4.69) is 17.2 Å². The number of hydrogen-bond donors (Lipinski definition) is 0. The first-order valence-corrected chi connectivity index (χ1v) is 9.90. The fraction of sp³-hybridized carbons (Fsp3) is 0.409. The van der Waals surface area contributed by atoms with E-state index in [1.165, 1.54) is 31.3 Å². The molecule has 4 rings (SSSR count). The van der Waals surface area contributed by atoms with Gasteiger partial charge in [0, 0.05) is 12.3 Å². The monoisotopic (exact) mass is 362 g/mol. The summed E-state index contributed by atoms with van der Waals surface area (Å²) >= 11 is 0. The second kappa shape index (κ2) is 7.51. The molecule has 1 fully saturated rings. The van der Waals surface area contributed by atoms with Crippen molar-refractivity contribution in [2.24, 2.45) is 0 Å². The second-order valence-corrected chi connectivity index (χ2v) is 7.60. The lowest BCUT2D eigenvalue weighted by Gasteiger charge is -2.10. The summed E-state index contributed by atoms with van der Waals surface area (Å²) in [5, 5.41) is 9.48. The lowest BCUT2D eigenvalue weighted by molar-refractivity contribution is 0.505. The van der Waals surface area contributed by atoms with Gasteiger partial charge in [-0.1, -0.05) is 24.5 Å². The van der Waals surface area contributed by atoms with Gasteiger partial charge in [-0.15, -0.1) is 0 Å². The summed E-state index contributed by atoms with van der Waals surface area (Å²) in [6, 6.07) is 9.50. The molecule has 0 unspecified atom stereocenters. The zero-order valence-electron chi connectivity index (χ0n) is 16.1. The highest BCUT2D eigenvalue weighted by Gasteiger charge is 2.17. The van der Waals surface area contributed by atoms with Crippen LogP contribution in [0.5, 0.6) is 0 Å². The van der Waals surface area contributed by atoms with Crippen LogP contribution in [0.15, 0.2) is 46.9 Å². The fourth-order valence-corrected chi connectivity index (χ4v) is 3.83. The third-order valence-corrected chi connectivity index (χ3v) is 5.22. The van der Waals surface area contributed by atoms with Crippen molar-refractivity contribution in [3.8, 4) is 11.3 Å². The molecule has 0 atom stereocenters. The van der Waals surface area contributed by atoms with Gasteiger partial charge in [-0.25, -0.2) is 9.20 Å².